The van der Waals surface area contributed by atoms with Crippen LogP contribution in [-0.4, -0.2) is 42.1 Å². The van der Waals surface area contributed by atoms with Crippen LogP contribution in [0.1, 0.15) is 24.0 Å². The van der Waals surface area contributed by atoms with Crippen LogP contribution in [0.2, 0.25) is 10.0 Å². The topological polar surface area (TPSA) is 77.2 Å². The van der Waals surface area contributed by atoms with Crippen LogP contribution in [0.25, 0.3) is 11.3 Å². The zero-order valence-corrected chi connectivity index (χ0v) is 22.1. The van der Waals surface area contributed by atoms with E-state index in [0.29, 0.717) is 29.6 Å². The van der Waals surface area contributed by atoms with Gasteiger partial charge < -0.3 is 15.8 Å². The number of primary amides is 1. The Morgan fingerprint density at radius 2 is 1.91 bits per heavy atom. The van der Waals surface area contributed by atoms with Crippen molar-refractivity contribution in [3.63, 3.8) is 0 Å². The van der Waals surface area contributed by atoms with Crippen molar-refractivity contribution in [2.45, 2.75) is 31.7 Å². The van der Waals surface area contributed by atoms with E-state index >= 15 is 0 Å². The number of hydrogen-bond donors (Lipinski definition) is 2. The van der Waals surface area contributed by atoms with E-state index in [9.17, 15) is 4.79 Å². The number of aryl methyl sites for hydroxylation is 1. The Kier molecular flexibility index (Phi) is 11.2. The largest absolute Gasteiger partial charge is 0.491 e. The number of hydrogen-bond acceptors (Lipinski definition) is 5. The summed E-state index contributed by atoms with van der Waals surface area (Å²) >= 11 is 14.2. The van der Waals surface area contributed by atoms with Crippen LogP contribution in [0, 0.1) is 0 Å². The molecule has 0 aliphatic carbocycles. The number of pyridine rings is 1. The first kappa shape index (κ1) is 27.3. The zero-order chi connectivity index (χ0) is 25.0. The van der Waals surface area contributed by atoms with Gasteiger partial charge in [0.2, 0.25) is 5.91 Å². The van der Waals surface area contributed by atoms with Gasteiger partial charge >= 0.3 is 0 Å². The Morgan fingerprint density at radius 3 is 2.63 bits per heavy atom. The molecule has 2 aromatic carbocycles. The standard InChI is InChI=1S/C27H31Cl2N3O2S/c1-35-16-12-20-11-14-32-25(21-9-10-22(28)23(29)18-21)26(20)34-15-6-5-13-31-24(27(30)33)17-19-7-3-2-4-8-19/h2-4,7-11,14,18,24,31H,5-6,12-13,15-17H2,1H3,(H2,30,33). The van der Waals surface area contributed by atoms with Crippen LogP contribution in [0.5, 0.6) is 5.75 Å². The van der Waals surface area contributed by atoms with Gasteiger partial charge in [-0.3, -0.25) is 9.78 Å². The van der Waals surface area contributed by atoms with E-state index in [1.807, 2.05) is 48.5 Å². The maximum atomic E-state index is 11.9. The minimum atomic E-state index is -0.393. The highest BCUT2D eigenvalue weighted by molar-refractivity contribution is 7.98. The second-order valence-electron chi connectivity index (χ2n) is 8.17. The lowest BCUT2D eigenvalue weighted by Crippen LogP contribution is -2.43. The minimum absolute atomic E-state index is 0.342. The summed E-state index contributed by atoms with van der Waals surface area (Å²) in [6.07, 6.45) is 7.03. The molecule has 1 unspecified atom stereocenters. The van der Waals surface area contributed by atoms with Crippen LogP contribution in [0.15, 0.2) is 60.8 Å². The molecule has 35 heavy (non-hydrogen) atoms. The number of benzene rings is 2. The zero-order valence-electron chi connectivity index (χ0n) is 19.8. The summed E-state index contributed by atoms with van der Waals surface area (Å²) in [5.74, 6) is 1.43. The fourth-order valence-corrected chi connectivity index (χ4v) is 4.43. The molecule has 0 spiro atoms. The number of carbonyl (C=O) groups excluding carboxylic acids is 1. The SMILES string of the molecule is CSCCc1ccnc(-c2ccc(Cl)c(Cl)c2)c1OCCCCNC(Cc1ccccc1)C(N)=O. The first-order valence-electron chi connectivity index (χ1n) is 11.6. The number of halogens is 2. The second-order valence-corrected chi connectivity index (χ2v) is 9.97. The van der Waals surface area contributed by atoms with Crippen molar-refractivity contribution < 1.29 is 9.53 Å². The van der Waals surface area contributed by atoms with Gasteiger partial charge in [0.05, 0.1) is 22.7 Å². The lowest BCUT2D eigenvalue weighted by atomic mass is 10.1. The normalized spacial score (nSPS) is 11.9. The summed E-state index contributed by atoms with van der Waals surface area (Å²) in [5.41, 5.74) is 9.42. The summed E-state index contributed by atoms with van der Waals surface area (Å²) in [6, 6.07) is 17.0. The van der Waals surface area contributed by atoms with Crippen LogP contribution in [-0.2, 0) is 17.6 Å². The molecule has 0 bridgehead atoms. The number of carbonyl (C=O) groups is 1. The monoisotopic (exact) mass is 531 g/mol. The Morgan fingerprint density at radius 1 is 1.11 bits per heavy atom. The third-order valence-electron chi connectivity index (χ3n) is 5.59. The number of nitrogens with one attached hydrogen (secondary N) is 1. The van der Waals surface area contributed by atoms with Gasteiger partial charge in [-0.15, -0.1) is 0 Å². The molecule has 186 valence electrons. The van der Waals surface area contributed by atoms with Crippen LogP contribution in [0.3, 0.4) is 0 Å². The number of nitrogens with two attached hydrogens (primary N) is 1. The highest BCUT2D eigenvalue weighted by atomic mass is 35.5. The lowest BCUT2D eigenvalue weighted by Gasteiger charge is -2.17. The van der Waals surface area contributed by atoms with Crippen LogP contribution < -0.4 is 15.8 Å². The molecule has 0 radical (unpaired) electrons. The number of aromatic nitrogens is 1. The average Bonchev–Trinajstić information content (AvgIpc) is 2.86. The van der Waals surface area contributed by atoms with Gasteiger partial charge in [-0.05, 0) is 73.6 Å². The predicted octanol–water partition coefficient (Wildman–Crippen LogP) is 5.81. The molecule has 3 aromatic rings. The molecule has 5 nitrogen and oxygen atoms in total. The van der Waals surface area contributed by atoms with Crippen molar-refractivity contribution >= 4 is 40.9 Å². The van der Waals surface area contributed by atoms with E-state index in [4.69, 9.17) is 33.7 Å². The molecule has 1 atom stereocenters. The molecule has 3 N–H and O–H groups in total. The number of rotatable bonds is 14. The molecule has 0 fully saturated rings. The minimum Gasteiger partial charge on any atom is -0.491 e. The summed E-state index contributed by atoms with van der Waals surface area (Å²) in [5, 5.41) is 4.27. The maximum Gasteiger partial charge on any atom is 0.234 e. The molecule has 0 saturated carbocycles. The fraction of sp³-hybridized carbons (Fsp3) is 0.333. The third-order valence-corrected chi connectivity index (χ3v) is 6.94. The van der Waals surface area contributed by atoms with E-state index in [0.717, 1.165) is 53.1 Å². The average molecular weight is 533 g/mol. The molecule has 1 heterocycles. The van der Waals surface area contributed by atoms with E-state index in [-0.39, 0.29) is 5.91 Å². The van der Waals surface area contributed by atoms with Crippen LogP contribution in [0.4, 0.5) is 0 Å². The molecule has 1 aromatic heterocycles. The van der Waals surface area contributed by atoms with Gasteiger partial charge in [-0.25, -0.2) is 0 Å². The first-order valence-corrected chi connectivity index (χ1v) is 13.8. The van der Waals surface area contributed by atoms with Gasteiger partial charge in [0.1, 0.15) is 11.4 Å². The molecule has 0 aliphatic rings. The number of thioether (sulfide) groups is 1. The lowest BCUT2D eigenvalue weighted by molar-refractivity contribution is -0.120. The van der Waals surface area contributed by atoms with Crippen molar-refractivity contribution in [3.05, 3.63) is 82.0 Å². The smallest absolute Gasteiger partial charge is 0.234 e. The Balaban J connectivity index is 1.59. The van der Waals surface area contributed by atoms with E-state index in [2.05, 4.69) is 16.6 Å². The molecular weight excluding hydrogens is 501 g/mol. The Labute approximate surface area is 221 Å². The number of amides is 1. The molecule has 1 amide bonds. The predicted molar refractivity (Wildman–Crippen MR) is 148 cm³/mol. The van der Waals surface area contributed by atoms with E-state index in [1.54, 1.807) is 24.0 Å². The number of unbranched alkanes of at least 4 members (excludes halogenated alkanes) is 1. The summed E-state index contributed by atoms with van der Waals surface area (Å²) in [7, 11) is 0. The number of nitrogens with zero attached hydrogens (tertiary/aromatic N) is 1. The highest BCUT2D eigenvalue weighted by Gasteiger charge is 2.16. The van der Waals surface area contributed by atoms with Crippen molar-refractivity contribution in [1.82, 2.24) is 10.3 Å². The van der Waals surface area contributed by atoms with Crippen LogP contribution >= 0.6 is 35.0 Å². The highest BCUT2D eigenvalue weighted by Crippen LogP contribution is 2.35. The summed E-state index contributed by atoms with van der Waals surface area (Å²) < 4.78 is 6.27. The van der Waals surface area contributed by atoms with E-state index in [1.165, 1.54) is 0 Å². The molecular formula is C27H31Cl2N3O2S. The van der Waals surface area contributed by atoms with Gasteiger partial charge in [0.15, 0.2) is 0 Å². The second kappa shape index (κ2) is 14.3. The van der Waals surface area contributed by atoms with Crippen molar-refractivity contribution in [2.75, 3.05) is 25.2 Å². The first-order chi connectivity index (χ1) is 17.0. The van der Waals surface area contributed by atoms with Crippen molar-refractivity contribution in [1.29, 1.82) is 0 Å². The van der Waals surface area contributed by atoms with Crippen molar-refractivity contribution in [2.24, 2.45) is 5.73 Å². The van der Waals surface area contributed by atoms with E-state index < -0.39 is 6.04 Å². The molecule has 0 aliphatic heterocycles. The number of ether oxygens (including phenoxy) is 1. The van der Waals surface area contributed by atoms with Gasteiger partial charge in [-0.1, -0.05) is 59.6 Å². The quantitative estimate of drug-likeness (QED) is 0.257. The summed E-state index contributed by atoms with van der Waals surface area (Å²) in [4.78, 5) is 16.4. The Hall–Kier alpha value is -2.25. The fourth-order valence-electron chi connectivity index (χ4n) is 3.71. The maximum absolute atomic E-state index is 11.9. The van der Waals surface area contributed by atoms with Gasteiger partial charge in [0.25, 0.3) is 0 Å². The molecule has 0 saturated heterocycles. The van der Waals surface area contributed by atoms with Crippen molar-refractivity contribution in [3.8, 4) is 17.0 Å². The third kappa shape index (κ3) is 8.43. The van der Waals surface area contributed by atoms with Gasteiger partial charge in [-0.2, -0.15) is 11.8 Å². The van der Waals surface area contributed by atoms with Gasteiger partial charge in [0, 0.05) is 11.8 Å². The molecule has 8 heteroatoms. The molecule has 3 rings (SSSR count). The summed E-state index contributed by atoms with van der Waals surface area (Å²) in [6.45, 7) is 1.21. The Bertz CT molecular complexity index is 1100.